The van der Waals surface area contributed by atoms with Crippen molar-refractivity contribution in [2.24, 2.45) is 0 Å². The maximum atomic E-state index is 5.95. The van der Waals surface area contributed by atoms with Gasteiger partial charge in [0.25, 0.3) is 0 Å². The first-order valence-corrected chi connectivity index (χ1v) is 8.77. The van der Waals surface area contributed by atoms with Crippen LogP contribution in [0.1, 0.15) is 16.7 Å². The summed E-state index contributed by atoms with van der Waals surface area (Å²) in [5.41, 5.74) is 3.23. The van der Waals surface area contributed by atoms with Crippen molar-refractivity contribution in [2.75, 3.05) is 12.9 Å². The van der Waals surface area contributed by atoms with E-state index < -0.39 is 5.41 Å². The van der Waals surface area contributed by atoms with Crippen LogP contribution < -0.4 is 0 Å². The fraction of sp³-hybridized carbons (Fsp3) is 0.182. The molecule has 122 valence electrons. The van der Waals surface area contributed by atoms with Crippen LogP contribution in [0, 0.1) is 0 Å². The van der Waals surface area contributed by atoms with Crippen LogP contribution in [-0.4, -0.2) is 19.0 Å². The van der Waals surface area contributed by atoms with Crippen molar-refractivity contribution in [1.29, 1.82) is 0 Å². The predicted octanol–water partition coefficient (Wildman–Crippen LogP) is 4.97. The van der Waals surface area contributed by atoms with Crippen molar-refractivity contribution in [3.8, 4) is 0 Å². The molecule has 3 aromatic carbocycles. The Balaban J connectivity index is 2.37. The van der Waals surface area contributed by atoms with Gasteiger partial charge in [-0.3, -0.25) is 0 Å². The average molecular weight is 334 g/mol. The molecule has 0 aromatic heterocycles. The lowest BCUT2D eigenvalue weighted by Gasteiger charge is -2.41. The third-order valence-corrected chi connectivity index (χ3v) is 4.95. The number of ether oxygens (including phenoxy) is 1. The minimum atomic E-state index is -0.403. The van der Waals surface area contributed by atoms with Crippen molar-refractivity contribution in [3.05, 3.63) is 108 Å². The van der Waals surface area contributed by atoms with Crippen molar-refractivity contribution in [3.63, 3.8) is 0 Å². The quantitative estimate of drug-likeness (QED) is 0.495. The summed E-state index contributed by atoms with van der Waals surface area (Å²) in [4.78, 5) is 0. The lowest BCUT2D eigenvalue weighted by atomic mass is 9.66. The van der Waals surface area contributed by atoms with Gasteiger partial charge in [0.1, 0.15) is 0 Å². The summed E-state index contributed by atoms with van der Waals surface area (Å²) >= 11 is 4.61. The minimum Gasteiger partial charge on any atom is -0.379 e. The Morgan fingerprint density at radius 1 is 0.708 bits per heavy atom. The van der Waals surface area contributed by atoms with Gasteiger partial charge in [-0.05, 0) is 16.7 Å². The van der Waals surface area contributed by atoms with Crippen molar-refractivity contribution in [1.82, 2.24) is 0 Å². The molecule has 3 rings (SSSR count). The molecule has 0 N–H and O–H groups in total. The normalized spacial score (nSPS) is 12.8. The van der Waals surface area contributed by atoms with Gasteiger partial charge in [-0.15, -0.1) is 0 Å². The van der Waals surface area contributed by atoms with Crippen LogP contribution in [0.3, 0.4) is 0 Å². The molecule has 1 atom stereocenters. The molecule has 3 aromatic rings. The van der Waals surface area contributed by atoms with Crippen molar-refractivity contribution >= 4 is 12.6 Å². The van der Waals surface area contributed by atoms with Crippen molar-refractivity contribution < 1.29 is 4.74 Å². The van der Waals surface area contributed by atoms with Crippen LogP contribution in [0.25, 0.3) is 0 Å². The van der Waals surface area contributed by atoms with E-state index in [0.29, 0.717) is 5.75 Å². The molecule has 0 bridgehead atoms. The smallest absolute Gasteiger partial charge is 0.0837 e. The Hall–Kier alpha value is -2.03. The summed E-state index contributed by atoms with van der Waals surface area (Å²) in [6.07, 6.45) is -0.0898. The molecule has 0 aliphatic carbocycles. The standard InChI is InChI=1S/C22H22OS/c1-23-21(17-24)22(18-11-5-2-6-12-18,19-13-7-3-8-14-19)20-15-9-4-10-16-20/h2-16,21,24H,17H2,1H3. The molecule has 0 amide bonds. The van der Waals surface area contributed by atoms with Crippen LogP contribution in [-0.2, 0) is 10.2 Å². The first-order valence-electron chi connectivity index (χ1n) is 8.14. The third-order valence-electron chi connectivity index (χ3n) is 4.62. The largest absolute Gasteiger partial charge is 0.379 e. The van der Waals surface area contributed by atoms with E-state index in [2.05, 4.69) is 85.4 Å². The van der Waals surface area contributed by atoms with Crippen LogP contribution in [0.5, 0.6) is 0 Å². The number of rotatable bonds is 6. The molecule has 0 aliphatic heterocycles. The molecule has 1 unspecified atom stereocenters. The van der Waals surface area contributed by atoms with E-state index in [1.54, 1.807) is 7.11 Å². The summed E-state index contributed by atoms with van der Waals surface area (Å²) in [7, 11) is 1.77. The number of hydrogen-bond donors (Lipinski definition) is 1. The number of methoxy groups -OCH3 is 1. The van der Waals surface area contributed by atoms with Crippen LogP contribution in [0.4, 0.5) is 0 Å². The first kappa shape index (κ1) is 16.8. The molecular formula is C22H22OS. The molecule has 2 heteroatoms. The highest BCUT2D eigenvalue weighted by atomic mass is 32.1. The highest BCUT2D eigenvalue weighted by Gasteiger charge is 2.43. The zero-order valence-corrected chi connectivity index (χ0v) is 14.7. The molecular weight excluding hydrogens is 312 g/mol. The topological polar surface area (TPSA) is 9.23 Å². The Labute approximate surface area is 149 Å². The van der Waals surface area contributed by atoms with Gasteiger partial charge < -0.3 is 4.74 Å². The Kier molecular flexibility index (Phi) is 5.39. The predicted molar refractivity (Wildman–Crippen MR) is 104 cm³/mol. The molecule has 0 aliphatic rings. The van der Waals surface area contributed by atoms with E-state index in [1.165, 1.54) is 16.7 Å². The Morgan fingerprint density at radius 3 is 1.29 bits per heavy atom. The number of thiol groups is 1. The van der Waals surface area contributed by atoms with Gasteiger partial charge in [-0.1, -0.05) is 91.0 Å². The molecule has 0 spiro atoms. The summed E-state index contributed by atoms with van der Waals surface area (Å²) in [6.45, 7) is 0. The highest BCUT2D eigenvalue weighted by Crippen LogP contribution is 2.43. The molecule has 0 fully saturated rings. The maximum absolute atomic E-state index is 5.95. The van der Waals surface area contributed by atoms with Crippen molar-refractivity contribution in [2.45, 2.75) is 11.5 Å². The monoisotopic (exact) mass is 334 g/mol. The fourth-order valence-electron chi connectivity index (χ4n) is 3.55. The lowest BCUT2D eigenvalue weighted by Crippen LogP contribution is -2.44. The summed E-state index contributed by atoms with van der Waals surface area (Å²) in [5.74, 6) is 0.620. The van der Waals surface area contributed by atoms with Gasteiger partial charge >= 0.3 is 0 Å². The maximum Gasteiger partial charge on any atom is 0.0837 e. The average Bonchev–Trinajstić information content (AvgIpc) is 2.68. The van der Waals surface area contributed by atoms with E-state index >= 15 is 0 Å². The van der Waals surface area contributed by atoms with E-state index in [0.717, 1.165) is 0 Å². The van der Waals surface area contributed by atoms with E-state index in [1.807, 2.05) is 18.2 Å². The number of benzene rings is 3. The van der Waals surface area contributed by atoms with Crippen LogP contribution in [0.15, 0.2) is 91.0 Å². The van der Waals surface area contributed by atoms with E-state index in [-0.39, 0.29) is 6.10 Å². The second-order valence-corrected chi connectivity index (χ2v) is 6.18. The second-order valence-electron chi connectivity index (χ2n) is 5.81. The van der Waals surface area contributed by atoms with Gasteiger partial charge in [0.05, 0.1) is 11.5 Å². The zero-order chi connectivity index (χ0) is 16.8. The van der Waals surface area contributed by atoms with E-state index in [9.17, 15) is 0 Å². The van der Waals surface area contributed by atoms with Gasteiger partial charge in [-0.25, -0.2) is 0 Å². The molecule has 0 radical (unpaired) electrons. The fourth-order valence-corrected chi connectivity index (χ4v) is 3.97. The highest BCUT2D eigenvalue weighted by molar-refractivity contribution is 7.80. The van der Waals surface area contributed by atoms with E-state index in [4.69, 9.17) is 4.74 Å². The van der Waals surface area contributed by atoms with Gasteiger partial charge in [-0.2, -0.15) is 12.6 Å². The minimum absolute atomic E-state index is 0.0898. The van der Waals surface area contributed by atoms with Gasteiger partial charge in [0, 0.05) is 12.9 Å². The number of hydrogen-bond acceptors (Lipinski definition) is 2. The SMILES string of the molecule is COC(CS)C(c1ccccc1)(c1ccccc1)c1ccccc1. The van der Waals surface area contributed by atoms with Crippen LogP contribution >= 0.6 is 12.6 Å². The molecule has 0 heterocycles. The summed E-state index contributed by atoms with van der Waals surface area (Å²) in [6, 6.07) is 31.7. The van der Waals surface area contributed by atoms with Crippen LogP contribution in [0.2, 0.25) is 0 Å². The summed E-state index contributed by atoms with van der Waals surface area (Å²) in [5, 5.41) is 0. The molecule has 1 nitrogen and oxygen atoms in total. The third kappa shape index (κ3) is 2.88. The lowest BCUT2D eigenvalue weighted by molar-refractivity contribution is 0.0814. The Bertz CT molecular complexity index is 640. The van der Waals surface area contributed by atoms with Gasteiger partial charge in [0.15, 0.2) is 0 Å². The second kappa shape index (κ2) is 7.69. The Morgan fingerprint density at radius 2 is 1.04 bits per heavy atom. The van der Waals surface area contributed by atoms with Gasteiger partial charge in [0.2, 0.25) is 0 Å². The summed E-state index contributed by atoms with van der Waals surface area (Å²) < 4.78 is 5.95. The molecule has 0 saturated carbocycles. The molecule has 0 saturated heterocycles. The zero-order valence-electron chi connectivity index (χ0n) is 13.8. The molecule has 24 heavy (non-hydrogen) atoms. The first-order chi connectivity index (χ1) is 11.8.